The fourth-order valence-corrected chi connectivity index (χ4v) is 3.59. The van der Waals surface area contributed by atoms with E-state index in [4.69, 9.17) is 4.74 Å². The minimum Gasteiger partial charge on any atom is -0.486 e. The molecule has 0 spiro atoms. The summed E-state index contributed by atoms with van der Waals surface area (Å²) in [4.78, 5) is 43.3. The highest BCUT2D eigenvalue weighted by Crippen LogP contribution is 2.26. The van der Waals surface area contributed by atoms with E-state index in [0.29, 0.717) is 18.7 Å². The molecule has 178 valence electrons. The molecule has 2 aromatic rings. The lowest BCUT2D eigenvalue weighted by atomic mass is 10.1. The van der Waals surface area contributed by atoms with E-state index in [9.17, 15) is 25.0 Å². The highest BCUT2D eigenvalue weighted by atomic mass is 32.2. The quantitative estimate of drug-likeness (QED) is 0.308. The van der Waals surface area contributed by atoms with Crippen LogP contribution in [0.3, 0.4) is 0 Å². The van der Waals surface area contributed by atoms with E-state index in [-0.39, 0.29) is 17.1 Å². The molecule has 0 radical (unpaired) electrons. The van der Waals surface area contributed by atoms with Gasteiger partial charge in [0.1, 0.15) is 24.6 Å². The van der Waals surface area contributed by atoms with Gasteiger partial charge in [-0.1, -0.05) is 59.8 Å². The smallest absolute Gasteiger partial charge is 0.294 e. The molecule has 0 N–H and O–H groups in total. The summed E-state index contributed by atoms with van der Waals surface area (Å²) in [5, 5.41) is 18.4. The second-order valence-electron chi connectivity index (χ2n) is 7.09. The van der Waals surface area contributed by atoms with Crippen molar-refractivity contribution in [3.63, 3.8) is 0 Å². The van der Waals surface area contributed by atoms with Crippen molar-refractivity contribution in [2.24, 2.45) is 0 Å². The van der Waals surface area contributed by atoms with E-state index in [2.05, 4.69) is 9.68 Å². The summed E-state index contributed by atoms with van der Waals surface area (Å²) in [7, 11) is 1.60. The Bertz CT molecular complexity index is 913. The van der Waals surface area contributed by atoms with Crippen molar-refractivity contribution in [3.8, 4) is 5.75 Å². The molecule has 0 saturated carbocycles. The number of thioether (sulfide) groups is 1. The largest absolute Gasteiger partial charge is 0.486 e. The molecule has 2 aromatic carbocycles. The van der Waals surface area contributed by atoms with Crippen molar-refractivity contribution in [1.29, 1.82) is 0 Å². The minimum atomic E-state index is -1.25. The van der Waals surface area contributed by atoms with Gasteiger partial charge in [-0.05, 0) is 24.6 Å². The Labute approximate surface area is 194 Å². The molecule has 0 aromatic heterocycles. The first kappa shape index (κ1) is 25.7. The molecule has 0 fully saturated rings. The Morgan fingerprint density at radius 1 is 1.06 bits per heavy atom. The summed E-state index contributed by atoms with van der Waals surface area (Å²) in [6.45, 7) is 1.68. The molecule has 0 heterocycles. The van der Waals surface area contributed by atoms with Crippen LogP contribution >= 0.6 is 11.8 Å². The topological polar surface area (TPSA) is 134 Å². The Balaban J connectivity index is 1.93. The number of carbonyl (C=O) groups excluding carboxylic acids is 1. The monoisotopic (exact) mass is 479 g/mol. The van der Waals surface area contributed by atoms with Crippen molar-refractivity contribution in [3.05, 3.63) is 86.0 Å². The molecule has 2 unspecified atom stereocenters. The highest BCUT2D eigenvalue weighted by molar-refractivity contribution is 8.13. The van der Waals surface area contributed by atoms with Crippen molar-refractivity contribution in [2.75, 3.05) is 26.0 Å². The zero-order chi connectivity index (χ0) is 24.2. The van der Waals surface area contributed by atoms with Gasteiger partial charge in [-0.2, -0.15) is 0 Å². The van der Waals surface area contributed by atoms with Crippen LogP contribution in [-0.2, 0) is 9.68 Å². The summed E-state index contributed by atoms with van der Waals surface area (Å²) in [5.41, 5.74) is 2.08. The second kappa shape index (κ2) is 13.1. The Kier molecular flexibility index (Phi) is 10.2. The van der Waals surface area contributed by atoms with Gasteiger partial charge >= 0.3 is 0 Å². The predicted molar refractivity (Wildman–Crippen MR) is 121 cm³/mol. The van der Waals surface area contributed by atoms with Gasteiger partial charge < -0.3 is 19.3 Å². The lowest BCUT2D eigenvalue weighted by Crippen LogP contribution is -2.30. The first-order chi connectivity index (χ1) is 15.7. The van der Waals surface area contributed by atoms with E-state index < -0.39 is 22.9 Å². The van der Waals surface area contributed by atoms with Crippen LogP contribution in [0.4, 0.5) is 4.79 Å². The van der Waals surface area contributed by atoms with Crippen LogP contribution in [0.2, 0.25) is 0 Å². The lowest BCUT2D eigenvalue weighted by molar-refractivity contribution is -0.788. The number of hydrogen-bond donors (Lipinski definition) is 0. The van der Waals surface area contributed by atoms with Gasteiger partial charge in [0.15, 0.2) is 0 Å². The lowest BCUT2D eigenvalue weighted by Gasteiger charge is -2.23. The molecule has 0 aliphatic carbocycles. The van der Waals surface area contributed by atoms with Crippen LogP contribution < -0.4 is 4.74 Å². The number of amides is 1. The number of nitrogens with zero attached hydrogens (tertiary/aromatic N) is 3. The summed E-state index contributed by atoms with van der Waals surface area (Å²) >= 11 is 0.753. The predicted octanol–water partition coefficient (Wildman–Crippen LogP) is 4.08. The van der Waals surface area contributed by atoms with E-state index in [1.165, 1.54) is 4.90 Å². The molecule has 0 saturated heterocycles. The molecule has 2 rings (SSSR count). The Morgan fingerprint density at radius 2 is 1.73 bits per heavy atom. The summed E-state index contributed by atoms with van der Waals surface area (Å²) < 4.78 is 6.16. The number of carbonyl (C=O) groups is 1. The van der Waals surface area contributed by atoms with E-state index in [1.54, 1.807) is 7.05 Å². The van der Waals surface area contributed by atoms with Gasteiger partial charge in [0, 0.05) is 25.8 Å². The third-order valence-electron chi connectivity index (χ3n) is 4.50. The average molecular weight is 480 g/mol. The van der Waals surface area contributed by atoms with Crippen LogP contribution in [-0.4, -0.2) is 52.4 Å². The third-order valence-corrected chi connectivity index (χ3v) is 5.60. The second-order valence-corrected chi connectivity index (χ2v) is 8.06. The summed E-state index contributed by atoms with van der Waals surface area (Å²) in [6, 6.07) is 17.3. The number of ether oxygens (including phenoxy) is 1. The van der Waals surface area contributed by atoms with Gasteiger partial charge in [-0.15, -0.1) is 20.2 Å². The molecule has 1 amide bonds. The summed E-state index contributed by atoms with van der Waals surface area (Å²) in [6.07, 6.45) is -1.05. The van der Waals surface area contributed by atoms with Gasteiger partial charge in [-0.3, -0.25) is 4.79 Å². The molecule has 12 heteroatoms. The fraction of sp³-hybridized carbons (Fsp3) is 0.381. The molecule has 0 aliphatic heterocycles. The van der Waals surface area contributed by atoms with E-state index in [0.717, 1.165) is 22.9 Å². The number of aryl methyl sites for hydroxylation is 1. The molecule has 0 aliphatic rings. The van der Waals surface area contributed by atoms with Crippen LogP contribution in [0, 0.1) is 27.2 Å². The van der Waals surface area contributed by atoms with Gasteiger partial charge in [0.05, 0.1) is 0 Å². The molecular formula is C21H25N3O8S. The zero-order valence-corrected chi connectivity index (χ0v) is 19.0. The van der Waals surface area contributed by atoms with Crippen molar-refractivity contribution < 1.29 is 29.4 Å². The molecule has 33 heavy (non-hydrogen) atoms. The number of benzene rings is 2. The molecule has 11 nitrogen and oxygen atoms in total. The number of rotatable bonds is 13. The third kappa shape index (κ3) is 9.64. The standard InChI is InChI=1S/C21H25N3O8S/c1-16-8-10-18(11-9-16)31-20(17-6-4-3-5-7-17)12-13-22(2)21(25)33-15-19(32-24(28)29)14-30-23(26)27/h3-11,19-20H,12-15H2,1-2H3. The average Bonchev–Trinajstić information content (AvgIpc) is 2.79. The minimum absolute atomic E-state index is 0.181. The zero-order valence-electron chi connectivity index (χ0n) is 18.2. The Hall–Kier alpha value is -3.54. The SMILES string of the molecule is Cc1ccc(OC(CCN(C)C(=O)SCC(CO[N+](=O)[O-])O[N+](=O)[O-])c2ccccc2)cc1. The van der Waals surface area contributed by atoms with Crippen LogP contribution in [0.1, 0.15) is 23.7 Å². The highest BCUT2D eigenvalue weighted by Gasteiger charge is 2.21. The van der Waals surface area contributed by atoms with Crippen LogP contribution in [0.5, 0.6) is 5.75 Å². The molecule has 2 atom stereocenters. The van der Waals surface area contributed by atoms with E-state index in [1.807, 2.05) is 61.5 Å². The first-order valence-electron chi connectivity index (χ1n) is 9.99. The maximum absolute atomic E-state index is 12.5. The maximum atomic E-state index is 12.5. The number of hydrogen-bond acceptors (Lipinski definition) is 9. The van der Waals surface area contributed by atoms with Gasteiger partial charge in [-0.25, -0.2) is 0 Å². The molecular weight excluding hydrogens is 454 g/mol. The van der Waals surface area contributed by atoms with Crippen LogP contribution in [0.15, 0.2) is 54.6 Å². The normalized spacial score (nSPS) is 12.3. The van der Waals surface area contributed by atoms with Crippen molar-refractivity contribution in [1.82, 2.24) is 4.90 Å². The van der Waals surface area contributed by atoms with E-state index >= 15 is 0 Å². The van der Waals surface area contributed by atoms with Crippen molar-refractivity contribution in [2.45, 2.75) is 25.6 Å². The Morgan fingerprint density at radius 3 is 2.33 bits per heavy atom. The fourth-order valence-electron chi connectivity index (χ4n) is 2.79. The van der Waals surface area contributed by atoms with Gasteiger partial charge in [0.2, 0.25) is 0 Å². The summed E-state index contributed by atoms with van der Waals surface area (Å²) in [5.74, 6) is 0.531. The van der Waals surface area contributed by atoms with Crippen molar-refractivity contribution >= 4 is 17.0 Å². The maximum Gasteiger partial charge on any atom is 0.294 e. The first-order valence-corrected chi connectivity index (χ1v) is 11.0. The van der Waals surface area contributed by atoms with Gasteiger partial charge in [0.25, 0.3) is 15.4 Å². The van der Waals surface area contributed by atoms with Crippen LogP contribution in [0.25, 0.3) is 0 Å². The molecule has 0 bridgehead atoms.